The molecule has 1 aromatic carbocycles. The highest BCUT2D eigenvalue weighted by molar-refractivity contribution is 6.34. The van der Waals surface area contributed by atoms with Crippen molar-refractivity contribution in [1.29, 1.82) is 0 Å². The minimum Gasteiger partial charge on any atom is -0.497 e. The molecule has 0 aliphatic rings. The van der Waals surface area contributed by atoms with Crippen molar-refractivity contribution in [3.05, 3.63) is 29.8 Å². The highest BCUT2D eigenvalue weighted by Gasteiger charge is 2.18. The average molecular weight is 278 g/mol. The van der Waals surface area contributed by atoms with E-state index >= 15 is 0 Å². The Morgan fingerprint density at radius 2 is 1.75 bits per heavy atom. The summed E-state index contributed by atoms with van der Waals surface area (Å²) in [5.41, 5.74) is 1.08. The normalized spacial score (nSPS) is 9.95. The molecule has 20 heavy (non-hydrogen) atoms. The lowest BCUT2D eigenvalue weighted by Gasteiger charge is -2.17. The number of ether oxygens (including phenoxy) is 1. The third-order valence-corrected chi connectivity index (χ3v) is 3.10. The SMILES string of the molecule is CCN(CC)C(=O)C(=O)NCCc1ccc(OC)cc1. The van der Waals surface area contributed by atoms with Gasteiger partial charge in [0.1, 0.15) is 5.75 Å². The maximum absolute atomic E-state index is 11.7. The standard InChI is InChI=1S/C15H22N2O3/c1-4-17(5-2)15(19)14(18)16-11-10-12-6-8-13(20-3)9-7-12/h6-9H,4-5,10-11H2,1-3H3,(H,16,18). The summed E-state index contributed by atoms with van der Waals surface area (Å²) in [6, 6.07) is 7.63. The Balaban J connectivity index is 2.39. The molecule has 5 nitrogen and oxygen atoms in total. The number of methoxy groups -OCH3 is 1. The van der Waals surface area contributed by atoms with Crippen molar-refractivity contribution in [2.75, 3.05) is 26.7 Å². The topological polar surface area (TPSA) is 58.6 Å². The Morgan fingerprint density at radius 1 is 1.15 bits per heavy atom. The Bertz CT molecular complexity index is 439. The lowest BCUT2D eigenvalue weighted by atomic mass is 10.1. The molecule has 0 unspecified atom stereocenters. The second-order valence-corrected chi connectivity index (χ2v) is 4.33. The van der Waals surface area contributed by atoms with Crippen LogP contribution in [0, 0.1) is 0 Å². The number of rotatable bonds is 6. The maximum atomic E-state index is 11.7. The Kier molecular flexibility index (Phi) is 6.56. The summed E-state index contributed by atoms with van der Waals surface area (Å²) in [7, 11) is 1.62. The van der Waals surface area contributed by atoms with Crippen molar-refractivity contribution < 1.29 is 14.3 Å². The summed E-state index contributed by atoms with van der Waals surface area (Å²) < 4.78 is 5.07. The van der Waals surface area contributed by atoms with Gasteiger partial charge in [-0.3, -0.25) is 9.59 Å². The summed E-state index contributed by atoms with van der Waals surface area (Å²) in [5.74, 6) is -0.207. The molecule has 0 bridgehead atoms. The summed E-state index contributed by atoms with van der Waals surface area (Å²) in [4.78, 5) is 24.9. The summed E-state index contributed by atoms with van der Waals surface area (Å²) >= 11 is 0. The Morgan fingerprint density at radius 3 is 2.25 bits per heavy atom. The van der Waals surface area contributed by atoms with Crippen LogP contribution in [0.2, 0.25) is 0 Å². The molecule has 0 atom stereocenters. The fourth-order valence-corrected chi connectivity index (χ4v) is 1.84. The van der Waals surface area contributed by atoms with Gasteiger partial charge in [0.15, 0.2) is 0 Å². The van der Waals surface area contributed by atoms with Gasteiger partial charge in [-0.05, 0) is 38.0 Å². The van der Waals surface area contributed by atoms with Gasteiger partial charge in [-0.2, -0.15) is 0 Å². The van der Waals surface area contributed by atoms with Crippen LogP contribution in [0.15, 0.2) is 24.3 Å². The number of carbonyl (C=O) groups excluding carboxylic acids is 2. The average Bonchev–Trinajstić information content (AvgIpc) is 2.49. The zero-order valence-electron chi connectivity index (χ0n) is 12.3. The highest BCUT2D eigenvalue weighted by Crippen LogP contribution is 2.11. The van der Waals surface area contributed by atoms with Gasteiger partial charge in [0.05, 0.1) is 7.11 Å². The third kappa shape index (κ3) is 4.57. The first-order valence-corrected chi connectivity index (χ1v) is 6.82. The zero-order chi connectivity index (χ0) is 15.0. The molecule has 0 heterocycles. The van der Waals surface area contributed by atoms with E-state index in [1.54, 1.807) is 7.11 Å². The van der Waals surface area contributed by atoms with E-state index in [4.69, 9.17) is 4.74 Å². The fourth-order valence-electron chi connectivity index (χ4n) is 1.84. The predicted molar refractivity (Wildman–Crippen MR) is 77.6 cm³/mol. The van der Waals surface area contributed by atoms with Crippen LogP contribution in [-0.4, -0.2) is 43.5 Å². The van der Waals surface area contributed by atoms with Crippen molar-refractivity contribution in [3.63, 3.8) is 0 Å². The summed E-state index contributed by atoms with van der Waals surface area (Å²) in [5, 5.41) is 2.65. The fraction of sp³-hybridized carbons (Fsp3) is 0.467. The summed E-state index contributed by atoms with van der Waals surface area (Å²) in [6.07, 6.45) is 0.682. The van der Waals surface area contributed by atoms with E-state index in [9.17, 15) is 9.59 Å². The van der Waals surface area contributed by atoms with Gasteiger partial charge < -0.3 is 15.0 Å². The van der Waals surface area contributed by atoms with Crippen LogP contribution in [0.1, 0.15) is 19.4 Å². The quantitative estimate of drug-likeness (QED) is 0.796. The van der Waals surface area contributed by atoms with E-state index in [0.29, 0.717) is 26.1 Å². The number of hydrogen-bond donors (Lipinski definition) is 1. The van der Waals surface area contributed by atoms with Gasteiger partial charge in [0.25, 0.3) is 0 Å². The van der Waals surface area contributed by atoms with E-state index < -0.39 is 11.8 Å². The molecule has 110 valence electrons. The van der Waals surface area contributed by atoms with Crippen LogP contribution < -0.4 is 10.1 Å². The second-order valence-electron chi connectivity index (χ2n) is 4.33. The molecule has 0 saturated heterocycles. The van der Waals surface area contributed by atoms with Crippen LogP contribution in [0.3, 0.4) is 0 Å². The molecule has 0 aromatic heterocycles. The third-order valence-electron chi connectivity index (χ3n) is 3.10. The van der Waals surface area contributed by atoms with Crippen LogP contribution in [-0.2, 0) is 16.0 Å². The first kappa shape index (κ1) is 16.0. The Hall–Kier alpha value is -2.04. The number of amides is 2. The maximum Gasteiger partial charge on any atom is 0.311 e. The van der Waals surface area contributed by atoms with Gasteiger partial charge >= 0.3 is 11.8 Å². The molecule has 0 fully saturated rings. The van der Waals surface area contributed by atoms with Crippen LogP contribution in [0.4, 0.5) is 0 Å². The van der Waals surface area contributed by atoms with Gasteiger partial charge in [-0.15, -0.1) is 0 Å². The lowest BCUT2D eigenvalue weighted by molar-refractivity contribution is -0.145. The van der Waals surface area contributed by atoms with E-state index in [1.807, 2.05) is 38.1 Å². The Labute approximate surface area is 119 Å². The van der Waals surface area contributed by atoms with Gasteiger partial charge in [-0.25, -0.2) is 0 Å². The zero-order valence-corrected chi connectivity index (χ0v) is 12.3. The molecule has 1 aromatic rings. The molecular formula is C15H22N2O3. The van der Waals surface area contributed by atoms with Crippen molar-refractivity contribution >= 4 is 11.8 Å². The van der Waals surface area contributed by atoms with E-state index in [2.05, 4.69) is 5.32 Å². The van der Waals surface area contributed by atoms with Gasteiger partial charge in [0, 0.05) is 19.6 Å². The second kappa shape index (κ2) is 8.19. The first-order valence-electron chi connectivity index (χ1n) is 6.82. The van der Waals surface area contributed by atoms with Gasteiger partial charge in [-0.1, -0.05) is 12.1 Å². The van der Waals surface area contributed by atoms with Crippen molar-refractivity contribution in [3.8, 4) is 5.75 Å². The minimum atomic E-state index is -0.540. The van der Waals surface area contributed by atoms with E-state index in [-0.39, 0.29) is 0 Å². The summed E-state index contributed by atoms with van der Waals surface area (Å²) in [6.45, 7) is 5.23. The largest absolute Gasteiger partial charge is 0.497 e. The number of likely N-dealkylation sites (N-methyl/N-ethyl adjacent to an activating group) is 1. The number of nitrogens with zero attached hydrogens (tertiary/aromatic N) is 1. The van der Waals surface area contributed by atoms with Crippen LogP contribution in [0.5, 0.6) is 5.75 Å². The molecule has 2 amide bonds. The smallest absolute Gasteiger partial charge is 0.311 e. The molecule has 0 aliphatic carbocycles. The molecule has 0 saturated carbocycles. The molecule has 0 aliphatic heterocycles. The van der Waals surface area contributed by atoms with Crippen molar-refractivity contribution in [1.82, 2.24) is 10.2 Å². The first-order chi connectivity index (χ1) is 9.62. The monoisotopic (exact) mass is 278 g/mol. The number of benzene rings is 1. The molecule has 1 N–H and O–H groups in total. The number of carbonyl (C=O) groups is 2. The van der Waals surface area contributed by atoms with E-state index in [0.717, 1.165) is 11.3 Å². The van der Waals surface area contributed by atoms with E-state index in [1.165, 1.54) is 4.90 Å². The molecule has 1 rings (SSSR count). The van der Waals surface area contributed by atoms with Crippen LogP contribution >= 0.6 is 0 Å². The molecule has 0 spiro atoms. The van der Waals surface area contributed by atoms with Gasteiger partial charge in [0.2, 0.25) is 0 Å². The van der Waals surface area contributed by atoms with Crippen molar-refractivity contribution in [2.24, 2.45) is 0 Å². The number of hydrogen-bond acceptors (Lipinski definition) is 3. The van der Waals surface area contributed by atoms with Crippen LogP contribution in [0.25, 0.3) is 0 Å². The molecule has 0 radical (unpaired) electrons. The molecular weight excluding hydrogens is 256 g/mol. The van der Waals surface area contributed by atoms with Crippen molar-refractivity contribution in [2.45, 2.75) is 20.3 Å². The lowest BCUT2D eigenvalue weighted by Crippen LogP contribution is -2.43. The number of nitrogens with one attached hydrogen (secondary N) is 1. The minimum absolute atomic E-state index is 0.443. The predicted octanol–water partition coefficient (Wildman–Crippen LogP) is 1.22. The highest BCUT2D eigenvalue weighted by atomic mass is 16.5. The molecule has 5 heteroatoms.